The normalized spacial score (nSPS) is 20.8. The Labute approximate surface area is 59.2 Å². The molecule has 0 fully saturated rings. The zero-order chi connectivity index (χ0) is 6.81. The second kappa shape index (κ2) is 2.14. The molecule has 2 heterocycles. The van der Waals surface area contributed by atoms with Crippen molar-refractivity contribution in [2.45, 2.75) is 0 Å². The van der Waals surface area contributed by atoms with E-state index >= 15 is 0 Å². The van der Waals surface area contributed by atoms with E-state index in [9.17, 15) is 0 Å². The van der Waals surface area contributed by atoms with Crippen LogP contribution >= 0.6 is 0 Å². The Hall–Kier alpha value is -1.31. The Balaban J connectivity index is 2.38. The van der Waals surface area contributed by atoms with Gasteiger partial charge in [-0.1, -0.05) is 6.08 Å². The number of allylic oxidation sites excluding steroid dienone is 3. The van der Waals surface area contributed by atoms with Gasteiger partial charge in [-0.05, 0) is 12.2 Å². The lowest BCUT2D eigenvalue weighted by molar-refractivity contribution is 0.355. The van der Waals surface area contributed by atoms with E-state index in [1.165, 1.54) is 0 Å². The lowest BCUT2D eigenvalue weighted by Crippen LogP contribution is -2.03. The molecule has 0 aromatic heterocycles. The Bertz CT molecular complexity index is 230. The highest BCUT2D eigenvalue weighted by atomic mass is 16.5. The second-order valence-electron chi connectivity index (χ2n) is 2.16. The summed E-state index contributed by atoms with van der Waals surface area (Å²) in [6.45, 7) is 0.746. The number of dihydropyridines is 1. The maximum Gasteiger partial charge on any atom is 0.133 e. The van der Waals surface area contributed by atoms with Gasteiger partial charge in [0.05, 0.1) is 12.8 Å². The smallest absolute Gasteiger partial charge is 0.133 e. The van der Waals surface area contributed by atoms with Crippen molar-refractivity contribution in [2.24, 2.45) is 4.99 Å². The summed E-state index contributed by atoms with van der Waals surface area (Å²) in [4.78, 5) is 4.08. The van der Waals surface area contributed by atoms with Gasteiger partial charge < -0.3 is 4.74 Å². The summed E-state index contributed by atoms with van der Waals surface area (Å²) in [7, 11) is 0. The minimum Gasteiger partial charge on any atom is -0.465 e. The molecule has 0 atom stereocenters. The van der Waals surface area contributed by atoms with Crippen LogP contribution in [0.1, 0.15) is 0 Å². The van der Waals surface area contributed by atoms with Crippen LogP contribution in [0.3, 0.4) is 0 Å². The van der Waals surface area contributed by atoms with E-state index in [4.69, 9.17) is 4.74 Å². The lowest BCUT2D eigenvalue weighted by Gasteiger charge is -2.13. The fraction of sp³-hybridized carbons (Fsp3) is 0.125. The van der Waals surface area contributed by atoms with Gasteiger partial charge in [0.1, 0.15) is 5.76 Å². The molecule has 2 nitrogen and oxygen atoms in total. The summed E-state index contributed by atoms with van der Waals surface area (Å²) in [5.41, 5.74) is 1.16. The van der Waals surface area contributed by atoms with Crippen molar-refractivity contribution >= 4 is 6.21 Å². The Morgan fingerprint density at radius 3 is 3.30 bits per heavy atom. The number of aliphatic imine (C=N–C) groups is 1. The predicted octanol–water partition coefficient (Wildman–Crippen LogP) is 1.43. The van der Waals surface area contributed by atoms with Gasteiger partial charge in [0.2, 0.25) is 0 Å². The summed E-state index contributed by atoms with van der Waals surface area (Å²) in [5.74, 6) is 0.928. The molecule has 0 N–H and O–H groups in total. The maximum absolute atomic E-state index is 5.20. The van der Waals surface area contributed by atoms with Crippen LogP contribution in [0.25, 0.3) is 0 Å². The Morgan fingerprint density at radius 2 is 2.40 bits per heavy atom. The van der Waals surface area contributed by atoms with Crippen LogP contribution < -0.4 is 0 Å². The fourth-order valence-corrected chi connectivity index (χ4v) is 0.974. The van der Waals surface area contributed by atoms with Gasteiger partial charge in [0.25, 0.3) is 0 Å². The van der Waals surface area contributed by atoms with E-state index in [-0.39, 0.29) is 0 Å². The van der Waals surface area contributed by atoms with Crippen molar-refractivity contribution in [2.75, 3.05) is 6.54 Å². The largest absolute Gasteiger partial charge is 0.465 e. The van der Waals surface area contributed by atoms with E-state index in [1.54, 1.807) is 12.5 Å². The fourth-order valence-electron chi connectivity index (χ4n) is 0.974. The molecule has 0 aliphatic carbocycles. The molecule has 0 aromatic carbocycles. The van der Waals surface area contributed by atoms with Gasteiger partial charge in [0, 0.05) is 11.8 Å². The van der Waals surface area contributed by atoms with Crippen molar-refractivity contribution in [3.8, 4) is 0 Å². The standard InChI is InChI=1S/C8H7NO/c1-2-7-6-9-4-3-8(7)10-5-1/h1-5H,6H2. The predicted molar refractivity (Wildman–Crippen MR) is 39.8 cm³/mol. The monoisotopic (exact) mass is 133 g/mol. The number of rotatable bonds is 0. The molecule has 0 spiro atoms. The summed E-state index contributed by atoms with van der Waals surface area (Å²) in [6.07, 6.45) is 9.22. The zero-order valence-electron chi connectivity index (χ0n) is 5.45. The minimum atomic E-state index is 0.746. The highest BCUT2D eigenvalue weighted by Crippen LogP contribution is 2.18. The summed E-state index contributed by atoms with van der Waals surface area (Å²) in [5, 5.41) is 0. The number of fused-ring (bicyclic) bond motifs is 1. The molecule has 2 heteroatoms. The highest BCUT2D eigenvalue weighted by molar-refractivity contribution is 5.75. The molecule has 0 amide bonds. The molecule has 0 bridgehead atoms. The van der Waals surface area contributed by atoms with Crippen LogP contribution in [0.4, 0.5) is 0 Å². The number of hydrogen-bond acceptors (Lipinski definition) is 2. The summed E-state index contributed by atoms with van der Waals surface area (Å²) in [6, 6.07) is 0. The highest BCUT2D eigenvalue weighted by Gasteiger charge is 2.08. The average molecular weight is 133 g/mol. The zero-order valence-corrected chi connectivity index (χ0v) is 5.45. The molecule has 50 valence electrons. The number of ether oxygens (including phenoxy) is 1. The Morgan fingerprint density at radius 1 is 1.40 bits per heavy atom. The van der Waals surface area contributed by atoms with E-state index in [0.29, 0.717) is 0 Å². The van der Waals surface area contributed by atoms with Gasteiger partial charge in [-0.25, -0.2) is 0 Å². The van der Waals surface area contributed by atoms with Crippen molar-refractivity contribution in [3.05, 3.63) is 35.8 Å². The van der Waals surface area contributed by atoms with Gasteiger partial charge >= 0.3 is 0 Å². The third kappa shape index (κ3) is 0.778. The second-order valence-corrected chi connectivity index (χ2v) is 2.16. The molecule has 0 saturated heterocycles. The van der Waals surface area contributed by atoms with Crippen LogP contribution in [0, 0.1) is 0 Å². The lowest BCUT2D eigenvalue weighted by atomic mass is 10.1. The van der Waals surface area contributed by atoms with Crippen LogP contribution in [0.2, 0.25) is 0 Å². The van der Waals surface area contributed by atoms with Gasteiger partial charge in [-0.2, -0.15) is 0 Å². The number of hydrogen-bond donors (Lipinski definition) is 0. The SMILES string of the molecule is C1=COC2=CC=NCC2=C1. The molecular formula is C8H7NO. The topological polar surface area (TPSA) is 21.6 Å². The summed E-state index contributed by atoms with van der Waals surface area (Å²) < 4.78 is 5.20. The number of nitrogens with zero attached hydrogens (tertiary/aromatic N) is 1. The first-order valence-corrected chi connectivity index (χ1v) is 3.20. The third-order valence-electron chi connectivity index (χ3n) is 1.48. The van der Waals surface area contributed by atoms with Crippen LogP contribution in [0.5, 0.6) is 0 Å². The van der Waals surface area contributed by atoms with E-state index < -0.39 is 0 Å². The van der Waals surface area contributed by atoms with E-state index in [1.807, 2.05) is 18.2 Å². The van der Waals surface area contributed by atoms with Gasteiger partial charge in [-0.3, -0.25) is 4.99 Å². The van der Waals surface area contributed by atoms with Crippen molar-refractivity contribution in [1.29, 1.82) is 0 Å². The average Bonchev–Trinajstić information content (AvgIpc) is 2.05. The van der Waals surface area contributed by atoms with Crippen LogP contribution in [-0.4, -0.2) is 12.8 Å². The third-order valence-corrected chi connectivity index (χ3v) is 1.48. The molecule has 0 radical (unpaired) electrons. The van der Waals surface area contributed by atoms with Gasteiger partial charge in [-0.15, -0.1) is 0 Å². The molecule has 2 aliphatic rings. The molecule has 10 heavy (non-hydrogen) atoms. The first-order valence-electron chi connectivity index (χ1n) is 3.20. The van der Waals surface area contributed by atoms with Crippen LogP contribution in [-0.2, 0) is 4.74 Å². The Kier molecular flexibility index (Phi) is 1.17. The first kappa shape index (κ1) is 5.47. The van der Waals surface area contributed by atoms with Crippen molar-refractivity contribution in [3.63, 3.8) is 0 Å². The van der Waals surface area contributed by atoms with E-state index in [2.05, 4.69) is 4.99 Å². The molecule has 2 aliphatic heterocycles. The molecule has 0 unspecified atom stereocenters. The molecular weight excluding hydrogens is 126 g/mol. The van der Waals surface area contributed by atoms with E-state index in [0.717, 1.165) is 17.9 Å². The maximum atomic E-state index is 5.20. The quantitative estimate of drug-likeness (QED) is 0.489. The molecule has 0 aromatic rings. The first-order chi connectivity index (χ1) is 4.97. The molecule has 0 saturated carbocycles. The van der Waals surface area contributed by atoms with Crippen molar-refractivity contribution in [1.82, 2.24) is 0 Å². The van der Waals surface area contributed by atoms with Gasteiger partial charge in [0.15, 0.2) is 0 Å². The minimum absolute atomic E-state index is 0.746. The molecule has 2 rings (SSSR count). The van der Waals surface area contributed by atoms with Crippen molar-refractivity contribution < 1.29 is 4.74 Å². The summed E-state index contributed by atoms with van der Waals surface area (Å²) >= 11 is 0. The van der Waals surface area contributed by atoms with Crippen LogP contribution in [0.15, 0.2) is 40.8 Å².